The number of nitrogens with zero attached hydrogens (tertiary/aromatic N) is 1. The van der Waals surface area contributed by atoms with Crippen LogP contribution in [-0.4, -0.2) is 4.92 Å². The van der Waals surface area contributed by atoms with E-state index < -0.39 is 43.0 Å². The van der Waals surface area contributed by atoms with Gasteiger partial charge in [-0.05, 0) is 6.92 Å². The molecule has 0 aliphatic rings. The van der Waals surface area contributed by atoms with E-state index in [0.717, 1.165) is 6.92 Å². The van der Waals surface area contributed by atoms with E-state index in [1.807, 2.05) is 0 Å². The zero-order valence-electron chi connectivity index (χ0n) is 8.03. The Morgan fingerprint density at radius 2 is 1.59 bits per heavy atom. The molecule has 0 unspecified atom stereocenters. The van der Waals surface area contributed by atoms with Crippen molar-refractivity contribution in [1.82, 2.24) is 0 Å². The Labute approximate surface area is 108 Å². The van der Waals surface area contributed by atoms with Crippen LogP contribution >= 0.6 is 34.8 Å². The molecule has 1 aromatic rings. The molecule has 1 rings (SSSR count). The van der Waals surface area contributed by atoms with Crippen LogP contribution in [0.1, 0.15) is 11.1 Å². The standard InChI is InChI=1S/C8H3Cl3F3NO2/c1-2-3(8(12,13)14)4(9)5(10)6(11)7(2)15(16)17/h1H3. The fraction of sp³-hybridized carbons (Fsp3) is 0.250. The fourth-order valence-electron chi connectivity index (χ4n) is 1.31. The van der Waals surface area contributed by atoms with Crippen LogP contribution < -0.4 is 0 Å². The highest BCUT2D eigenvalue weighted by molar-refractivity contribution is 6.49. The third-order valence-corrected chi connectivity index (χ3v) is 3.33. The molecule has 0 aliphatic heterocycles. The highest BCUT2D eigenvalue weighted by Crippen LogP contribution is 2.48. The van der Waals surface area contributed by atoms with E-state index in [9.17, 15) is 23.3 Å². The van der Waals surface area contributed by atoms with Crippen LogP contribution in [0.3, 0.4) is 0 Å². The maximum atomic E-state index is 12.7. The molecule has 3 nitrogen and oxygen atoms in total. The Kier molecular flexibility index (Phi) is 3.81. The highest BCUT2D eigenvalue weighted by atomic mass is 35.5. The number of benzene rings is 1. The minimum Gasteiger partial charge on any atom is -0.258 e. The lowest BCUT2D eigenvalue weighted by molar-refractivity contribution is -0.385. The molecular formula is C8H3Cl3F3NO2. The Bertz CT molecular complexity index is 502. The van der Waals surface area contributed by atoms with E-state index in [1.165, 1.54) is 0 Å². The molecule has 0 saturated heterocycles. The maximum Gasteiger partial charge on any atom is 0.418 e. The molecule has 0 amide bonds. The first-order valence-electron chi connectivity index (χ1n) is 3.97. The predicted octanol–water partition coefficient (Wildman–Crippen LogP) is 4.88. The van der Waals surface area contributed by atoms with Gasteiger partial charge in [0.25, 0.3) is 5.69 Å². The van der Waals surface area contributed by atoms with Crippen molar-refractivity contribution in [3.63, 3.8) is 0 Å². The summed E-state index contributed by atoms with van der Waals surface area (Å²) in [5.41, 5.74) is -2.91. The molecule has 0 aliphatic carbocycles. The third-order valence-electron chi connectivity index (χ3n) is 2.01. The summed E-state index contributed by atoms with van der Waals surface area (Å²) in [5.74, 6) is 0. The molecule has 94 valence electrons. The number of rotatable bonds is 1. The molecule has 0 atom stereocenters. The molecule has 0 radical (unpaired) electrons. The average molecular weight is 308 g/mol. The number of nitro benzene ring substituents is 1. The van der Waals surface area contributed by atoms with E-state index in [4.69, 9.17) is 34.8 Å². The van der Waals surface area contributed by atoms with Crippen LogP contribution in [0.25, 0.3) is 0 Å². The Hall–Kier alpha value is -0.720. The third kappa shape index (κ3) is 2.43. The van der Waals surface area contributed by atoms with E-state index in [1.54, 1.807) is 0 Å². The van der Waals surface area contributed by atoms with Crippen molar-refractivity contribution >= 4 is 40.5 Å². The lowest BCUT2D eigenvalue weighted by Gasteiger charge is -2.14. The predicted molar refractivity (Wildman–Crippen MR) is 57.9 cm³/mol. The zero-order valence-corrected chi connectivity index (χ0v) is 10.3. The van der Waals surface area contributed by atoms with Gasteiger partial charge in [-0.25, -0.2) is 0 Å². The molecule has 0 saturated carbocycles. The van der Waals surface area contributed by atoms with Gasteiger partial charge in [0.05, 0.1) is 20.5 Å². The summed E-state index contributed by atoms with van der Waals surface area (Å²) in [6.45, 7) is 0.912. The molecule has 17 heavy (non-hydrogen) atoms. The van der Waals surface area contributed by atoms with Crippen LogP contribution in [0.2, 0.25) is 15.1 Å². The molecule has 0 spiro atoms. The van der Waals surface area contributed by atoms with Crippen molar-refractivity contribution in [2.45, 2.75) is 13.1 Å². The first kappa shape index (κ1) is 14.3. The Balaban J connectivity index is 3.81. The lowest BCUT2D eigenvalue weighted by Crippen LogP contribution is -2.11. The molecule has 0 bridgehead atoms. The summed E-state index contributed by atoms with van der Waals surface area (Å²) in [6.07, 6.45) is -4.85. The maximum absolute atomic E-state index is 12.7. The minimum atomic E-state index is -4.85. The normalized spacial score (nSPS) is 11.7. The second kappa shape index (κ2) is 4.51. The van der Waals surface area contributed by atoms with Crippen LogP contribution in [0, 0.1) is 17.0 Å². The topological polar surface area (TPSA) is 43.1 Å². The van der Waals surface area contributed by atoms with Gasteiger partial charge in [-0.2, -0.15) is 13.2 Å². The SMILES string of the molecule is Cc1c([N+](=O)[O-])c(Cl)c(Cl)c(Cl)c1C(F)(F)F. The van der Waals surface area contributed by atoms with E-state index in [2.05, 4.69) is 0 Å². The van der Waals surface area contributed by atoms with Gasteiger partial charge >= 0.3 is 6.18 Å². The van der Waals surface area contributed by atoms with Crippen LogP contribution in [0.4, 0.5) is 18.9 Å². The molecule has 0 heterocycles. The van der Waals surface area contributed by atoms with Gasteiger partial charge in [-0.15, -0.1) is 0 Å². The van der Waals surface area contributed by atoms with Gasteiger partial charge in [0, 0.05) is 5.56 Å². The molecule has 9 heteroatoms. The smallest absolute Gasteiger partial charge is 0.258 e. The summed E-state index contributed by atoms with van der Waals surface area (Å²) in [7, 11) is 0. The Morgan fingerprint density at radius 1 is 1.12 bits per heavy atom. The summed E-state index contributed by atoms with van der Waals surface area (Å²) in [6, 6.07) is 0. The first-order chi connectivity index (χ1) is 7.59. The second-order valence-electron chi connectivity index (χ2n) is 3.05. The van der Waals surface area contributed by atoms with Crippen molar-refractivity contribution in [1.29, 1.82) is 0 Å². The number of nitro groups is 1. The van der Waals surface area contributed by atoms with Crippen molar-refractivity contribution in [3.8, 4) is 0 Å². The van der Waals surface area contributed by atoms with Gasteiger partial charge in [0.1, 0.15) is 5.02 Å². The minimum absolute atomic E-state index is 0.604. The molecule has 1 aromatic carbocycles. The van der Waals surface area contributed by atoms with Gasteiger partial charge < -0.3 is 0 Å². The van der Waals surface area contributed by atoms with Crippen LogP contribution in [0.5, 0.6) is 0 Å². The summed E-state index contributed by atoms with van der Waals surface area (Å²) >= 11 is 16.3. The monoisotopic (exact) mass is 307 g/mol. The fourth-order valence-corrected chi connectivity index (χ4v) is 2.19. The van der Waals surface area contributed by atoms with Crippen LogP contribution in [-0.2, 0) is 6.18 Å². The number of hydrogen-bond acceptors (Lipinski definition) is 2. The van der Waals surface area contributed by atoms with Crippen molar-refractivity contribution in [2.75, 3.05) is 0 Å². The first-order valence-corrected chi connectivity index (χ1v) is 5.11. The number of alkyl halides is 3. The van der Waals surface area contributed by atoms with Crippen molar-refractivity contribution < 1.29 is 18.1 Å². The number of halogens is 6. The second-order valence-corrected chi connectivity index (χ2v) is 4.18. The van der Waals surface area contributed by atoms with E-state index >= 15 is 0 Å². The van der Waals surface area contributed by atoms with Crippen molar-refractivity contribution in [3.05, 3.63) is 36.3 Å². The summed E-state index contributed by atoms with van der Waals surface area (Å²) in [5, 5.41) is 8.51. The van der Waals surface area contributed by atoms with Crippen LogP contribution in [0.15, 0.2) is 0 Å². The lowest BCUT2D eigenvalue weighted by atomic mass is 10.1. The van der Waals surface area contributed by atoms with Crippen molar-refractivity contribution in [2.24, 2.45) is 0 Å². The zero-order chi connectivity index (χ0) is 13.5. The van der Waals surface area contributed by atoms with E-state index in [0.29, 0.717) is 0 Å². The quantitative estimate of drug-likeness (QED) is 0.421. The van der Waals surface area contributed by atoms with Gasteiger partial charge in [-0.1, -0.05) is 34.8 Å². The summed E-state index contributed by atoms with van der Waals surface area (Å²) < 4.78 is 38.0. The van der Waals surface area contributed by atoms with E-state index in [-0.39, 0.29) is 0 Å². The molecule has 0 N–H and O–H groups in total. The molecule has 0 fully saturated rings. The number of hydrogen-bond donors (Lipinski definition) is 0. The largest absolute Gasteiger partial charge is 0.418 e. The van der Waals surface area contributed by atoms with Gasteiger partial charge in [-0.3, -0.25) is 10.1 Å². The average Bonchev–Trinajstić information content (AvgIpc) is 2.11. The Morgan fingerprint density at radius 3 is 1.94 bits per heavy atom. The van der Waals surface area contributed by atoms with Gasteiger partial charge in [0.15, 0.2) is 0 Å². The molecule has 0 aromatic heterocycles. The molecular weight excluding hydrogens is 305 g/mol. The summed E-state index contributed by atoms with van der Waals surface area (Å²) in [4.78, 5) is 9.60. The van der Waals surface area contributed by atoms with Gasteiger partial charge in [0.2, 0.25) is 0 Å². The highest BCUT2D eigenvalue weighted by Gasteiger charge is 2.40.